The van der Waals surface area contributed by atoms with Crippen LogP contribution in [0.25, 0.3) is 10.4 Å². The van der Waals surface area contributed by atoms with Crippen molar-refractivity contribution >= 4 is 40.5 Å². The summed E-state index contributed by atoms with van der Waals surface area (Å²) in [7, 11) is 1.35. The van der Waals surface area contributed by atoms with Crippen molar-refractivity contribution < 1.29 is 23.6 Å². The summed E-state index contributed by atoms with van der Waals surface area (Å²) in [5.41, 5.74) is 2.26. The molecule has 0 bridgehead atoms. The van der Waals surface area contributed by atoms with E-state index >= 15 is 0 Å². The Bertz CT molecular complexity index is 1270. The third-order valence-corrected chi connectivity index (χ3v) is 7.90. The minimum atomic E-state index is -0.464. The van der Waals surface area contributed by atoms with Crippen LogP contribution in [-0.4, -0.2) is 36.1 Å². The number of nitrogens with zero attached hydrogens (tertiary/aromatic N) is 2. The lowest BCUT2D eigenvalue weighted by Gasteiger charge is -2.33. The molecule has 2 aromatic heterocycles. The molecule has 2 heterocycles. The number of anilines is 2. The van der Waals surface area contributed by atoms with E-state index in [9.17, 15) is 14.4 Å². The van der Waals surface area contributed by atoms with Crippen LogP contribution in [-0.2, 0) is 9.53 Å². The highest BCUT2D eigenvalue weighted by Gasteiger charge is 2.33. The number of hydrogen-bond donors (Lipinski definition) is 1. The van der Waals surface area contributed by atoms with Crippen LogP contribution in [0.3, 0.4) is 0 Å². The number of amides is 2. The Morgan fingerprint density at radius 1 is 1.11 bits per heavy atom. The van der Waals surface area contributed by atoms with Gasteiger partial charge in [0.25, 0.3) is 5.91 Å². The first-order chi connectivity index (χ1) is 17.7. The van der Waals surface area contributed by atoms with Gasteiger partial charge in [0.2, 0.25) is 5.91 Å². The number of thiophene rings is 1. The normalized spacial score (nSPS) is 17.5. The Balaban J connectivity index is 1.60. The van der Waals surface area contributed by atoms with Crippen LogP contribution in [0.2, 0.25) is 0 Å². The summed E-state index contributed by atoms with van der Waals surface area (Å²) in [5.74, 6) is 0.402. The first-order valence-electron chi connectivity index (χ1n) is 12.6. The van der Waals surface area contributed by atoms with Gasteiger partial charge in [0, 0.05) is 28.6 Å². The van der Waals surface area contributed by atoms with Crippen LogP contribution in [0.1, 0.15) is 72.4 Å². The highest BCUT2D eigenvalue weighted by atomic mass is 32.1. The Morgan fingerprint density at radius 2 is 1.78 bits per heavy atom. The summed E-state index contributed by atoms with van der Waals surface area (Å²) >= 11 is 1.30. The molecule has 0 aliphatic heterocycles. The molecule has 8 nitrogen and oxygen atoms in total. The van der Waals surface area contributed by atoms with E-state index in [0.717, 1.165) is 36.1 Å². The molecule has 1 fully saturated rings. The van der Waals surface area contributed by atoms with Crippen molar-refractivity contribution in [2.75, 3.05) is 17.3 Å². The third kappa shape index (κ3) is 5.93. The van der Waals surface area contributed by atoms with Crippen molar-refractivity contribution in [3.63, 3.8) is 0 Å². The summed E-state index contributed by atoms with van der Waals surface area (Å²) in [6.45, 7) is 7.89. The van der Waals surface area contributed by atoms with Crippen LogP contribution in [0.4, 0.5) is 11.4 Å². The molecule has 2 amide bonds. The molecule has 0 spiro atoms. The van der Waals surface area contributed by atoms with Crippen LogP contribution >= 0.6 is 11.3 Å². The summed E-state index contributed by atoms with van der Waals surface area (Å²) in [6, 6.07) is 10.6. The molecule has 37 heavy (non-hydrogen) atoms. The van der Waals surface area contributed by atoms with Gasteiger partial charge in [-0.2, -0.15) is 0 Å². The number of aryl methyl sites for hydroxylation is 1. The average molecular weight is 524 g/mol. The Morgan fingerprint density at radius 3 is 2.35 bits per heavy atom. The Labute approximate surface area is 221 Å². The maximum atomic E-state index is 13.6. The van der Waals surface area contributed by atoms with Gasteiger partial charge < -0.3 is 19.5 Å². The molecule has 196 valence electrons. The summed E-state index contributed by atoms with van der Waals surface area (Å²) < 4.78 is 10.0. The summed E-state index contributed by atoms with van der Waals surface area (Å²) in [4.78, 5) is 41.8. The van der Waals surface area contributed by atoms with E-state index < -0.39 is 5.97 Å². The molecule has 1 aromatic carbocycles. The molecule has 1 aliphatic rings. The van der Waals surface area contributed by atoms with Crippen LogP contribution < -0.4 is 10.2 Å². The van der Waals surface area contributed by atoms with E-state index in [0.29, 0.717) is 27.9 Å². The van der Waals surface area contributed by atoms with E-state index in [1.165, 1.54) is 18.4 Å². The van der Waals surface area contributed by atoms with E-state index in [-0.39, 0.29) is 29.5 Å². The summed E-state index contributed by atoms with van der Waals surface area (Å²) in [5, 5.41) is 6.53. The standard InChI is InChI=1S/C28H33N3O5S/c1-16(2)31(27(33)20-8-6-17(3)7-9-20)23-15-24(37-25(23)28(34)35-5)19-10-12-21(13-11-19)29-26(32)22-14-18(4)36-30-22/h10-17,20H,6-9H2,1-5H3,(H,29,32)/t17-,20-. The zero-order chi connectivity index (χ0) is 26.7. The molecule has 0 radical (unpaired) electrons. The fourth-order valence-electron chi connectivity index (χ4n) is 4.68. The first kappa shape index (κ1) is 26.6. The number of esters is 1. The molecular formula is C28H33N3O5S. The van der Waals surface area contributed by atoms with E-state index in [1.54, 1.807) is 30.0 Å². The monoisotopic (exact) mass is 523 g/mol. The molecule has 0 saturated heterocycles. The third-order valence-electron chi connectivity index (χ3n) is 6.75. The number of carbonyl (C=O) groups excluding carboxylic acids is 3. The number of hydrogen-bond acceptors (Lipinski definition) is 7. The van der Waals surface area contributed by atoms with Crippen LogP contribution in [0.5, 0.6) is 0 Å². The lowest BCUT2D eigenvalue weighted by Crippen LogP contribution is -2.42. The van der Waals surface area contributed by atoms with Crippen molar-refractivity contribution in [1.29, 1.82) is 0 Å². The zero-order valence-electron chi connectivity index (χ0n) is 21.9. The highest BCUT2D eigenvalue weighted by molar-refractivity contribution is 7.18. The Hall–Kier alpha value is -3.46. The van der Waals surface area contributed by atoms with Crippen molar-refractivity contribution in [3.05, 3.63) is 52.7 Å². The second kappa shape index (κ2) is 11.3. The van der Waals surface area contributed by atoms with Crippen LogP contribution in [0, 0.1) is 18.8 Å². The lowest BCUT2D eigenvalue weighted by atomic mass is 9.82. The lowest BCUT2D eigenvalue weighted by molar-refractivity contribution is -0.123. The smallest absolute Gasteiger partial charge is 0.350 e. The molecule has 0 unspecified atom stereocenters. The van der Waals surface area contributed by atoms with Gasteiger partial charge in [-0.25, -0.2) is 4.79 Å². The Kier molecular flexibility index (Phi) is 8.12. The number of methoxy groups -OCH3 is 1. The maximum Gasteiger partial charge on any atom is 0.350 e. The van der Waals surface area contributed by atoms with Gasteiger partial charge >= 0.3 is 5.97 Å². The minimum absolute atomic E-state index is 0.0381. The van der Waals surface area contributed by atoms with Gasteiger partial charge in [0.15, 0.2) is 5.69 Å². The number of benzene rings is 1. The van der Waals surface area contributed by atoms with Gasteiger partial charge in [-0.05, 0) is 76.1 Å². The molecule has 1 saturated carbocycles. The zero-order valence-corrected chi connectivity index (χ0v) is 22.7. The van der Waals surface area contributed by atoms with Gasteiger partial charge in [-0.3, -0.25) is 9.59 Å². The highest BCUT2D eigenvalue weighted by Crippen LogP contribution is 2.40. The SMILES string of the molecule is COC(=O)c1sc(-c2ccc(NC(=O)c3cc(C)on3)cc2)cc1N(C(=O)[C@H]1CC[C@H](C)CC1)C(C)C. The van der Waals surface area contributed by atoms with Gasteiger partial charge in [-0.1, -0.05) is 24.2 Å². The fraction of sp³-hybridized carbons (Fsp3) is 0.429. The first-order valence-corrected chi connectivity index (χ1v) is 13.4. The quantitative estimate of drug-likeness (QED) is 0.364. The number of aromatic nitrogens is 1. The van der Waals surface area contributed by atoms with Gasteiger partial charge in [0.05, 0.1) is 12.8 Å². The second-order valence-corrected chi connectivity index (χ2v) is 11.0. The maximum absolute atomic E-state index is 13.6. The largest absolute Gasteiger partial charge is 0.465 e. The van der Waals surface area contributed by atoms with Gasteiger partial charge in [0.1, 0.15) is 10.6 Å². The van der Waals surface area contributed by atoms with Crippen LogP contribution in [0.15, 0.2) is 40.9 Å². The van der Waals surface area contributed by atoms with Crippen molar-refractivity contribution in [2.24, 2.45) is 11.8 Å². The molecule has 9 heteroatoms. The molecule has 3 aromatic rings. The number of ether oxygens (including phenoxy) is 1. The van der Waals surface area contributed by atoms with E-state index in [2.05, 4.69) is 17.4 Å². The minimum Gasteiger partial charge on any atom is -0.465 e. The molecule has 1 N–H and O–H groups in total. The van der Waals surface area contributed by atoms with E-state index in [4.69, 9.17) is 9.26 Å². The number of nitrogens with one attached hydrogen (secondary N) is 1. The van der Waals surface area contributed by atoms with E-state index in [1.807, 2.05) is 32.0 Å². The fourth-order valence-corrected chi connectivity index (χ4v) is 5.76. The predicted molar refractivity (Wildman–Crippen MR) is 144 cm³/mol. The molecule has 0 atom stereocenters. The van der Waals surface area contributed by atoms with Crippen molar-refractivity contribution in [1.82, 2.24) is 5.16 Å². The topological polar surface area (TPSA) is 102 Å². The molecular weight excluding hydrogens is 490 g/mol. The average Bonchev–Trinajstić information content (AvgIpc) is 3.51. The summed E-state index contributed by atoms with van der Waals surface area (Å²) in [6.07, 6.45) is 3.82. The predicted octanol–water partition coefficient (Wildman–Crippen LogP) is 6.32. The molecule has 1 aliphatic carbocycles. The van der Waals surface area contributed by atoms with Crippen molar-refractivity contribution in [2.45, 2.75) is 59.4 Å². The molecule has 4 rings (SSSR count). The number of carbonyl (C=O) groups is 3. The van der Waals surface area contributed by atoms with Crippen molar-refractivity contribution in [3.8, 4) is 10.4 Å². The number of rotatable bonds is 7. The van der Waals surface area contributed by atoms with Gasteiger partial charge in [-0.15, -0.1) is 11.3 Å². The second-order valence-electron chi connectivity index (χ2n) is 9.93.